The molecule has 0 saturated carbocycles. The molecule has 0 amide bonds. The number of nitrogens with zero attached hydrogens (tertiary/aromatic N) is 3. The molecule has 3 aromatic rings. The fourth-order valence-electron chi connectivity index (χ4n) is 5.59. The Labute approximate surface area is 176 Å². The monoisotopic (exact) mass is 405 g/mol. The van der Waals surface area contributed by atoms with Crippen LogP contribution in [0.3, 0.4) is 0 Å². The summed E-state index contributed by atoms with van der Waals surface area (Å²) in [7, 11) is 6.08. The number of carbonyl (C=O) groups excluding carboxylic acids is 1. The van der Waals surface area contributed by atoms with Crippen molar-refractivity contribution >= 4 is 16.9 Å². The number of aryl methyl sites for hydroxylation is 1. The van der Waals surface area contributed by atoms with Gasteiger partial charge in [0.1, 0.15) is 5.60 Å². The fraction of sp³-hybridized carbons (Fsp3) is 0.417. The minimum atomic E-state index is -0.410. The van der Waals surface area contributed by atoms with Crippen LogP contribution in [0.15, 0.2) is 48.9 Å². The molecule has 30 heavy (non-hydrogen) atoms. The number of fused-ring (bicyclic) bond motifs is 2. The van der Waals surface area contributed by atoms with Crippen LogP contribution in [0.4, 0.5) is 0 Å². The third-order valence-corrected chi connectivity index (χ3v) is 6.88. The Morgan fingerprint density at radius 1 is 1.27 bits per heavy atom. The number of ether oxygens (including phenoxy) is 2. The number of rotatable bonds is 4. The van der Waals surface area contributed by atoms with Gasteiger partial charge in [0, 0.05) is 62.2 Å². The largest absolute Gasteiger partial charge is 0.462 e. The normalized spacial score (nSPS) is 25.8. The number of esters is 1. The minimum Gasteiger partial charge on any atom is -0.462 e. The number of benzene rings is 1. The van der Waals surface area contributed by atoms with E-state index >= 15 is 0 Å². The minimum absolute atomic E-state index is 0.187. The first-order valence-corrected chi connectivity index (χ1v) is 10.4. The van der Waals surface area contributed by atoms with E-state index in [1.165, 1.54) is 22.0 Å². The quantitative estimate of drug-likeness (QED) is 0.624. The number of pyridine rings is 1. The predicted molar refractivity (Wildman–Crippen MR) is 114 cm³/mol. The van der Waals surface area contributed by atoms with Crippen molar-refractivity contribution in [1.29, 1.82) is 0 Å². The molecule has 0 N–H and O–H groups in total. The molecule has 1 fully saturated rings. The molecule has 3 atom stereocenters. The summed E-state index contributed by atoms with van der Waals surface area (Å²) in [6.45, 7) is 1.24. The predicted octanol–water partition coefficient (Wildman–Crippen LogP) is 3.15. The number of piperidine rings is 1. The van der Waals surface area contributed by atoms with E-state index in [1.807, 2.05) is 7.11 Å². The Bertz CT molecular complexity index is 1090. The fourth-order valence-corrected chi connectivity index (χ4v) is 5.59. The van der Waals surface area contributed by atoms with E-state index in [9.17, 15) is 4.79 Å². The van der Waals surface area contributed by atoms with Crippen LogP contribution in [0.5, 0.6) is 0 Å². The summed E-state index contributed by atoms with van der Waals surface area (Å²) in [5.41, 5.74) is 3.95. The van der Waals surface area contributed by atoms with E-state index in [1.54, 1.807) is 24.5 Å². The second-order valence-electron chi connectivity index (χ2n) is 8.63. The van der Waals surface area contributed by atoms with Crippen LogP contribution in [-0.4, -0.2) is 53.8 Å². The van der Waals surface area contributed by atoms with Crippen molar-refractivity contribution in [3.63, 3.8) is 0 Å². The van der Waals surface area contributed by atoms with E-state index in [-0.39, 0.29) is 17.9 Å². The lowest BCUT2D eigenvalue weighted by atomic mass is 9.69. The number of hydrogen-bond acceptors (Lipinski definition) is 5. The first kappa shape index (κ1) is 19.3. The van der Waals surface area contributed by atoms with Crippen molar-refractivity contribution in [3.8, 4) is 0 Å². The molecule has 3 heterocycles. The smallest absolute Gasteiger partial charge is 0.339 e. The van der Waals surface area contributed by atoms with E-state index in [2.05, 4.69) is 52.9 Å². The summed E-state index contributed by atoms with van der Waals surface area (Å²) in [5.74, 6) is -0.136. The van der Waals surface area contributed by atoms with Crippen molar-refractivity contribution in [3.05, 3.63) is 65.6 Å². The Morgan fingerprint density at radius 3 is 2.90 bits per heavy atom. The zero-order valence-electron chi connectivity index (χ0n) is 17.7. The van der Waals surface area contributed by atoms with Crippen LogP contribution in [0.25, 0.3) is 10.9 Å². The summed E-state index contributed by atoms with van der Waals surface area (Å²) in [6.07, 6.45) is 7.23. The molecule has 156 valence electrons. The number of likely N-dealkylation sites (N-methyl/N-ethyl adjacent to an activating group) is 1. The van der Waals surface area contributed by atoms with E-state index in [0.717, 1.165) is 19.4 Å². The summed E-state index contributed by atoms with van der Waals surface area (Å²) >= 11 is 0. The second-order valence-corrected chi connectivity index (χ2v) is 8.63. The van der Waals surface area contributed by atoms with E-state index in [0.29, 0.717) is 12.2 Å². The van der Waals surface area contributed by atoms with Crippen LogP contribution in [-0.2, 0) is 28.5 Å². The van der Waals surface area contributed by atoms with Gasteiger partial charge in [0.25, 0.3) is 0 Å². The van der Waals surface area contributed by atoms with E-state index in [4.69, 9.17) is 9.47 Å². The first-order valence-electron chi connectivity index (χ1n) is 10.4. The lowest BCUT2D eigenvalue weighted by Crippen LogP contribution is -2.59. The average molecular weight is 405 g/mol. The Balaban J connectivity index is 1.45. The SMILES string of the molecule is COC12C[C@@H](COC(=O)c3cccnc3)CN(C)[C@@H]1Cc1cn(C)c3cccc2c13. The molecule has 2 aromatic heterocycles. The molecule has 2 aliphatic rings. The maximum Gasteiger partial charge on any atom is 0.339 e. The zero-order chi connectivity index (χ0) is 20.9. The highest BCUT2D eigenvalue weighted by Crippen LogP contribution is 2.49. The van der Waals surface area contributed by atoms with Crippen molar-refractivity contribution in [2.75, 3.05) is 27.3 Å². The van der Waals surface area contributed by atoms with Gasteiger partial charge in [-0.2, -0.15) is 0 Å². The lowest BCUT2D eigenvalue weighted by molar-refractivity contribution is -0.131. The molecule has 1 aromatic carbocycles. The highest BCUT2D eigenvalue weighted by atomic mass is 16.5. The average Bonchev–Trinajstić information content (AvgIpc) is 3.10. The molecule has 1 aliphatic heterocycles. The number of likely N-dealkylation sites (tertiary alicyclic amines) is 1. The number of hydrogen-bond donors (Lipinski definition) is 0. The molecule has 1 saturated heterocycles. The molecule has 5 rings (SSSR count). The highest BCUT2D eigenvalue weighted by molar-refractivity contribution is 5.90. The van der Waals surface area contributed by atoms with Gasteiger partial charge in [-0.3, -0.25) is 9.88 Å². The highest BCUT2D eigenvalue weighted by Gasteiger charge is 2.51. The summed E-state index contributed by atoms with van der Waals surface area (Å²) in [5, 5.41) is 1.32. The van der Waals surface area contributed by atoms with Crippen molar-refractivity contribution in [1.82, 2.24) is 14.5 Å². The number of carbonyl (C=O) groups is 1. The molecule has 6 nitrogen and oxygen atoms in total. The summed E-state index contributed by atoms with van der Waals surface area (Å²) in [6, 6.07) is 10.2. The van der Waals surface area contributed by atoms with Crippen LogP contribution >= 0.6 is 0 Å². The summed E-state index contributed by atoms with van der Waals surface area (Å²) < 4.78 is 14.2. The van der Waals surface area contributed by atoms with Crippen molar-refractivity contribution < 1.29 is 14.3 Å². The first-order chi connectivity index (χ1) is 14.5. The van der Waals surface area contributed by atoms with Crippen LogP contribution in [0.1, 0.15) is 27.9 Å². The second kappa shape index (κ2) is 7.22. The Hall–Kier alpha value is -2.70. The van der Waals surface area contributed by atoms with Gasteiger partial charge in [-0.25, -0.2) is 4.79 Å². The third kappa shape index (κ3) is 2.86. The number of aromatic nitrogens is 2. The van der Waals surface area contributed by atoms with Gasteiger partial charge in [-0.15, -0.1) is 0 Å². The van der Waals surface area contributed by atoms with Gasteiger partial charge in [0.2, 0.25) is 0 Å². The van der Waals surface area contributed by atoms with Gasteiger partial charge >= 0.3 is 5.97 Å². The third-order valence-electron chi connectivity index (χ3n) is 6.88. The summed E-state index contributed by atoms with van der Waals surface area (Å²) in [4.78, 5) is 18.8. The molecule has 0 bridgehead atoms. The Kier molecular flexibility index (Phi) is 4.64. The maximum atomic E-state index is 12.4. The lowest BCUT2D eigenvalue weighted by Gasteiger charge is -2.53. The molecule has 1 unspecified atom stereocenters. The Morgan fingerprint density at radius 2 is 2.13 bits per heavy atom. The molecular formula is C24H27N3O3. The zero-order valence-corrected chi connectivity index (χ0v) is 17.7. The van der Waals surface area contributed by atoms with Crippen LogP contribution in [0.2, 0.25) is 0 Å². The van der Waals surface area contributed by atoms with Gasteiger partial charge in [0.05, 0.1) is 12.2 Å². The standard InChI is InChI=1S/C24H27N3O3/c1-26-14-18-10-21-24(29-3,19-7-4-8-20(26)22(18)19)11-16(13-27(21)2)15-30-23(28)17-6-5-9-25-12-17/h4-9,12,14,16,21H,10-11,13,15H2,1-3H3/t16-,21-,24?/m1/s1. The molecular weight excluding hydrogens is 378 g/mol. The molecule has 0 radical (unpaired) electrons. The molecule has 6 heteroatoms. The van der Waals surface area contributed by atoms with Crippen LogP contribution in [0, 0.1) is 5.92 Å². The van der Waals surface area contributed by atoms with Crippen molar-refractivity contribution in [2.24, 2.45) is 13.0 Å². The van der Waals surface area contributed by atoms with Crippen molar-refractivity contribution in [2.45, 2.75) is 24.5 Å². The van der Waals surface area contributed by atoms with Gasteiger partial charge < -0.3 is 14.0 Å². The van der Waals surface area contributed by atoms with Gasteiger partial charge in [-0.1, -0.05) is 12.1 Å². The number of methoxy groups -OCH3 is 1. The van der Waals surface area contributed by atoms with Crippen LogP contribution < -0.4 is 0 Å². The van der Waals surface area contributed by atoms with Gasteiger partial charge in [0.15, 0.2) is 0 Å². The van der Waals surface area contributed by atoms with E-state index < -0.39 is 5.60 Å². The molecule has 1 aliphatic carbocycles. The maximum absolute atomic E-state index is 12.4. The molecule has 0 spiro atoms. The topological polar surface area (TPSA) is 56.6 Å². The van der Waals surface area contributed by atoms with Gasteiger partial charge in [-0.05, 0) is 49.2 Å².